The summed E-state index contributed by atoms with van der Waals surface area (Å²) < 4.78 is 23.1. The smallest absolute Gasteiger partial charge is 0.277 e. The van der Waals surface area contributed by atoms with Crippen LogP contribution in [0.1, 0.15) is 6.92 Å². The molecule has 1 amide bonds. The van der Waals surface area contributed by atoms with Gasteiger partial charge in [0.05, 0.1) is 6.04 Å². The lowest BCUT2D eigenvalue weighted by atomic mass is 10.2. The van der Waals surface area contributed by atoms with Gasteiger partial charge < -0.3 is 10.6 Å². The molecule has 1 heterocycles. The summed E-state index contributed by atoms with van der Waals surface area (Å²) in [5.41, 5.74) is 5.44. The molecule has 1 aliphatic rings. The van der Waals surface area contributed by atoms with Crippen molar-refractivity contribution in [3.63, 3.8) is 0 Å². The van der Waals surface area contributed by atoms with E-state index in [0.717, 1.165) is 4.31 Å². The molecule has 0 aromatic heterocycles. The second kappa shape index (κ2) is 4.44. The number of hydrogen-bond donors (Lipinski definition) is 2. The van der Waals surface area contributed by atoms with Gasteiger partial charge in [-0.15, -0.1) is 0 Å². The third-order valence-corrected chi connectivity index (χ3v) is 3.38. The fourth-order valence-electron chi connectivity index (χ4n) is 1.45. The van der Waals surface area contributed by atoms with Crippen LogP contribution >= 0.6 is 0 Å². The summed E-state index contributed by atoms with van der Waals surface area (Å²) in [4.78, 5) is 13.0. The number of piperazine rings is 1. The van der Waals surface area contributed by atoms with Crippen LogP contribution in [0.3, 0.4) is 0 Å². The maximum Gasteiger partial charge on any atom is 0.277 e. The zero-order valence-electron chi connectivity index (χ0n) is 8.59. The van der Waals surface area contributed by atoms with Gasteiger partial charge in [-0.25, -0.2) is 5.14 Å². The van der Waals surface area contributed by atoms with Crippen molar-refractivity contribution < 1.29 is 13.2 Å². The van der Waals surface area contributed by atoms with Crippen LogP contribution in [0.15, 0.2) is 0 Å². The minimum absolute atomic E-state index is 0.163. The standard InChI is InChI=1S/C7H16N4O3S/c1-6(8)7(12)10-2-4-11(5-3-10)15(9,13)14/h6H,2-5,8H2,1H3,(H2,9,13,14). The summed E-state index contributed by atoms with van der Waals surface area (Å²) in [5.74, 6) is -0.163. The van der Waals surface area contributed by atoms with E-state index in [0.29, 0.717) is 13.1 Å². The normalized spacial score (nSPS) is 21.4. The summed E-state index contributed by atoms with van der Waals surface area (Å²) >= 11 is 0. The number of nitrogens with two attached hydrogens (primary N) is 2. The highest BCUT2D eigenvalue weighted by Crippen LogP contribution is 2.05. The molecule has 0 aliphatic carbocycles. The molecule has 4 N–H and O–H groups in total. The van der Waals surface area contributed by atoms with Crippen LogP contribution in [0.2, 0.25) is 0 Å². The Morgan fingerprint density at radius 2 is 1.73 bits per heavy atom. The van der Waals surface area contributed by atoms with E-state index in [9.17, 15) is 13.2 Å². The Labute approximate surface area is 89.2 Å². The molecule has 1 saturated heterocycles. The molecule has 1 unspecified atom stereocenters. The van der Waals surface area contributed by atoms with E-state index in [4.69, 9.17) is 10.9 Å². The predicted molar refractivity (Wildman–Crippen MR) is 54.9 cm³/mol. The van der Waals surface area contributed by atoms with Crippen molar-refractivity contribution in [2.24, 2.45) is 10.9 Å². The first-order chi connectivity index (χ1) is 6.82. The summed E-state index contributed by atoms with van der Waals surface area (Å²) in [6.45, 7) is 2.76. The molecular formula is C7H16N4O3S. The molecule has 1 rings (SSSR count). The summed E-state index contributed by atoms with van der Waals surface area (Å²) in [6, 6.07) is -0.550. The van der Waals surface area contributed by atoms with Crippen molar-refractivity contribution in [2.75, 3.05) is 26.2 Å². The van der Waals surface area contributed by atoms with E-state index >= 15 is 0 Å². The highest BCUT2D eigenvalue weighted by atomic mass is 32.2. The lowest BCUT2D eigenvalue weighted by Crippen LogP contribution is -2.54. The molecule has 7 nitrogen and oxygen atoms in total. The molecule has 88 valence electrons. The molecule has 0 saturated carbocycles. The van der Waals surface area contributed by atoms with Gasteiger partial charge in [0.15, 0.2) is 0 Å². The van der Waals surface area contributed by atoms with E-state index in [-0.39, 0.29) is 19.0 Å². The van der Waals surface area contributed by atoms with E-state index < -0.39 is 16.3 Å². The SMILES string of the molecule is CC(N)C(=O)N1CCN(S(N)(=O)=O)CC1. The Kier molecular flexibility index (Phi) is 3.66. The minimum Gasteiger partial charge on any atom is -0.339 e. The lowest BCUT2D eigenvalue weighted by molar-refractivity contribution is -0.133. The molecule has 15 heavy (non-hydrogen) atoms. The molecule has 0 spiro atoms. The van der Waals surface area contributed by atoms with E-state index in [1.807, 2.05) is 0 Å². The highest BCUT2D eigenvalue weighted by molar-refractivity contribution is 7.86. The molecule has 1 atom stereocenters. The van der Waals surface area contributed by atoms with Crippen molar-refractivity contribution in [3.8, 4) is 0 Å². The average Bonchev–Trinajstić information content (AvgIpc) is 2.15. The Balaban J connectivity index is 2.53. The molecule has 0 aromatic carbocycles. The van der Waals surface area contributed by atoms with Gasteiger partial charge >= 0.3 is 0 Å². The second-order valence-corrected chi connectivity index (χ2v) is 5.10. The fourth-order valence-corrected chi connectivity index (χ4v) is 2.12. The lowest BCUT2D eigenvalue weighted by Gasteiger charge is -2.33. The van der Waals surface area contributed by atoms with Crippen molar-refractivity contribution >= 4 is 16.1 Å². The predicted octanol–water partition coefficient (Wildman–Crippen LogP) is -2.32. The van der Waals surface area contributed by atoms with Gasteiger partial charge in [-0.3, -0.25) is 4.79 Å². The van der Waals surface area contributed by atoms with Crippen LogP contribution in [-0.4, -0.2) is 55.8 Å². The molecule has 8 heteroatoms. The first-order valence-corrected chi connectivity index (χ1v) is 6.15. The average molecular weight is 236 g/mol. The number of amides is 1. The van der Waals surface area contributed by atoms with Crippen LogP contribution in [0.4, 0.5) is 0 Å². The molecule has 1 fully saturated rings. The second-order valence-electron chi connectivity index (χ2n) is 3.56. The van der Waals surface area contributed by atoms with E-state index in [1.54, 1.807) is 11.8 Å². The molecule has 1 aliphatic heterocycles. The van der Waals surface area contributed by atoms with Crippen molar-refractivity contribution in [1.82, 2.24) is 9.21 Å². The van der Waals surface area contributed by atoms with Gasteiger partial charge in [-0.2, -0.15) is 12.7 Å². The Hall–Kier alpha value is -0.700. The van der Waals surface area contributed by atoms with Crippen molar-refractivity contribution in [2.45, 2.75) is 13.0 Å². The number of nitrogens with zero attached hydrogens (tertiary/aromatic N) is 2. The fraction of sp³-hybridized carbons (Fsp3) is 0.857. The largest absolute Gasteiger partial charge is 0.339 e. The topological polar surface area (TPSA) is 110 Å². The first-order valence-electron chi connectivity index (χ1n) is 4.64. The number of hydrogen-bond acceptors (Lipinski definition) is 4. The third-order valence-electron chi connectivity index (χ3n) is 2.30. The first kappa shape index (κ1) is 12.4. The maximum absolute atomic E-state index is 11.5. The van der Waals surface area contributed by atoms with Crippen molar-refractivity contribution in [1.29, 1.82) is 0 Å². The summed E-state index contributed by atoms with van der Waals surface area (Å²) in [7, 11) is -3.63. The Morgan fingerprint density at radius 1 is 1.27 bits per heavy atom. The molecule has 0 aromatic rings. The van der Waals surface area contributed by atoms with Crippen LogP contribution in [0, 0.1) is 0 Å². The Bertz CT molecular complexity index is 332. The number of carbonyl (C=O) groups is 1. The van der Waals surface area contributed by atoms with Crippen LogP contribution in [-0.2, 0) is 15.0 Å². The minimum atomic E-state index is -3.63. The zero-order valence-corrected chi connectivity index (χ0v) is 9.40. The van der Waals surface area contributed by atoms with Crippen LogP contribution < -0.4 is 10.9 Å². The van der Waals surface area contributed by atoms with Crippen LogP contribution in [0.5, 0.6) is 0 Å². The summed E-state index contributed by atoms with van der Waals surface area (Å²) in [5, 5.41) is 4.96. The zero-order chi connectivity index (χ0) is 11.6. The third kappa shape index (κ3) is 3.13. The summed E-state index contributed by atoms with van der Waals surface area (Å²) in [6.07, 6.45) is 0. The molecule has 0 bridgehead atoms. The van der Waals surface area contributed by atoms with Gasteiger partial charge in [-0.1, -0.05) is 0 Å². The van der Waals surface area contributed by atoms with Gasteiger partial charge in [-0.05, 0) is 6.92 Å². The molecular weight excluding hydrogens is 220 g/mol. The van der Waals surface area contributed by atoms with Crippen LogP contribution in [0.25, 0.3) is 0 Å². The van der Waals surface area contributed by atoms with E-state index in [2.05, 4.69) is 0 Å². The van der Waals surface area contributed by atoms with Gasteiger partial charge in [0.1, 0.15) is 0 Å². The van der Waals surface area contributed by atoms with Crippen molar-refractivity contribution in [3.05, 3.63) is 0 Å². The monoisotopic (exact) mass is 236 g/mol. The molecule has 0 radical (unpaired) electrons. The Morgan fingerprint density at radius 3 is 2.07 bits per heavy atom. The number of rotatable bonds is 2. The van der Waals surface area contributed by atoms with Gasteiger partial charge in [0.2, 0.25) is 5.91 Å². The highest BCUT2D eigenvalue weighted by Gasteiger charge is 2.27. The van der Waals surface area contributed by atoms with Gasteiger partial charge in [0, 0.05) is 26.2 Å². The van der Waals surface area contributed by atoms with Gasteiger partial charge in [0.25, 0.3) is 10.2 Å². The maximum atomic E-state index is 11.5. The van der Waals surface area contributed by atoms with E-state index in [1.165, 1.54) is 0 Å². The number of carbonyl (C=O) groups excluding carboxylic acids is 1. The quantitative estimate of drug-likeness (QED) is 0.561.